The molecular formula is C9H8BrNO3. The van der Waals surface area contributed by atoms with Crippen molar-refractivity contribution in [2.24, 2.45) is 5.18 Å². The Balaban J connectivity index is 2.95. The summed E-state index contributed by atoms with van der Waals surface area (Å²) < 4.78 is 0. The van der Waals surface area contributed by atoms with Gasteiger partial charge < -0.3 is 5.11 Å². The van der Waals surface area contributed by atoms with E-state index in [1.165, 1.54) is 12.1 Å². The number of hydrogen-bond donors (Lipinski definition) is 1. The monoisotopic (exact) mass is 257 g/mol. The Morgan fingerprint density at radius 2 is 2.00 bits per heavy atom. The van der Waals surface area contributed by atoms with Gasteiger partial charge in [-0.3, -0.25) is 4.79 Å². The first-order chi connectivity index (χ1) is 6.69. The fraction of sp³-hybridized carbons (Fsp3) is 0.222. The van der Waals surface area contributed by atoms with Gasteiger partial charge >= 0.3 is 0 Å². The van der Waals surface area contributed by atoms with E-state index < -0.39 is 11.8 Å². The van der Waals surface area contributed by atoms with Crippen molar-refractivity contribution in [3.05, 3.63) is 34.7 Å². The van der Waals surface area contributed by atoms with Crippen LogP contribution in [0.3, 0.4) is 0 Å². The van der Waals surface area contributed by atoms with Crippen molar-refractivity contribution in [1.29, 1.82) is 0 Å². The molecule has 0 heterocycles. The molecule has 1 aromatic rings. The summed E-state index contributed by atoms with van der Waals surface area (Å²) in [5.41, 5.74) is 0.657. The van der Waals surface area contributed by atoms with Gasteiger partial charge in [-0.1, -0.05) is 28.1 Å². The second-order valence-electron chi connectivity index (χ2n) is 2.73. The minimum atomic E-state index is -0.715. The first-order valence-electron chi connectivity index (χ1n) is 3.91. The second-order valence-corrected chi connectivity index (χ2v) is 3.38. The lowest BCUT2D eigenvalue weighted by Crippen LogP contribution is -2.10. The lowest BCUT2D eigenvalue weighted by Gasteiger charge is -2.08. The van der Waals surface area contributed by atoms with Crippen molar-refractivity contribution in [3.63, 3.8) is 0 Å². The zero-order valence-electron chi connectivity index (χ0n) is 7.18. The maximum absolute atomic E-state index is 11.1. The molecular weight excluding hydrogens is 250 g/mol. The molecule has 4 nitrogen and oxygen atoms in total. The topological polar surface area (TPSA) is 66.7 Å². The maximum atomic E-state index is 11.1. The van der Waals surface area contributed by atoms with Gasteiger partial charge in [0, 0.05) is 10.5 Å². The van der Waals surface area contributed by atoms with E-state index in [9.17, 15) is 9.70 Å². The lowest BCUT2D eigenvalue weighted by atomic mass is 10.0. The summed E-state index contributed by atoms with van der Waals surface area (Å²) in [6, 6.07) is 6.10. The first-order valence-corrected chi connectivity index (χ1v) is 5.03. The Morgan fingerprint density at radius 3 is 2.43 bits per heavy atom. The van der Waals surface area contributed by atoms with Crippen molar-refractivity contribution in [2.75, 3.05) is 5.33 Å². The third-order valence-corrected chi connectivity index (χ3v) is 2.49. The van der Waals surface area contributed by atoms with Crippen LogP contribution in [-0.4, -0.2) is 16.3 Å². The van der Waals surface area contributed by atoms with Crippen LogP contribution in [0.4, 0.5) is 0 Å². The van der Waals surface area contributed by atoms with Crippen LogP contribution in [0.15, 0.2) is 29.4 Å². The highest BCUT2D eigenvalue weighted by Crippen LogP contribution is 2.21. The van der Waals surface area contributed by atoms with E-state index in [4.69, 9.17) is 5.11 Å². The molecule has 0 aliphatic carbocycles. The van der Waals surface area contributed by atoms with E-state index in [-0.39, 0.29) is 5.75 Å². The molecule has 0 bridgehead atoms. The van der Waals surface area contributed by atoms with Gasteiger partial charge in [-0.25, -0.2) is 0 Å². The molecule has 0 radical (unpaired) electrons. The molecule has 0 aliphatic heterocycles. The number of carbonyl (C=O) groups excluding carboxylic acids is 1. The third-order valence-electron chi connectivity index (χ3n) is 1.84. The quantitative estimate of drug-likeness (QED) is 0.667. The Morgan fingerprint density at radius 1 is 1.43 bits per heavy atom. The molecule has 14 heavy (non-hydrogen) atoms. The highest BCUT2D eigenvalue weighted by molar-refractivity contribution is 9.09. The Bertz CT molecular complexity index is 336. The molecule has 1 amide bonds. The van der Waals surface area contributed by atoms with Crippen LogP contribution >= 0.6 is 15.9 Å². The van der Waals surface area contributed by atoms with Crippen molar-refractivity contribution in [3.8, 4) is 5.75 Å². The molecule has 5 heteroatoms. The number of phenols is 1. The second kappa shape index (κ2) is 4.85. The number of alkyl halides is 1. The number of rotatable bonds is 3. The number of amides is 1. The predicted molar refractivity (Wildman–Crippen MR) is 55.4 cm³/mol. The molecule has 0 saturated carbocycles. The van der Waals surface area contributed by atoms with Gasteiger partial charge in [-0.05, 0) is 17.7 Å². The van der Waals surface area contributed by atoms with Crippen molar-refractivity contribution in [2.45, 2.75) is 5.92 Å². The van der Waals surface area contributed by atoms with E-state index in [2.05, 4.69) is 21.1 Å². The average Bonchev–Trinajstić information content (AvgIpc) is 2.21. The Labute approximate surface area is 89.0 Å². The summed E-state index contributed by atoms with van der Waals surface area (Å²) in [7, 11) is 0. The highest BCUT2D eigenvalue weighted by Gasteiger charge is 2.19. The Hall–Kier alpha value is -1.23. The first kappa shape index (κ1) is 10.8. The summed E-state index contributed by atoms with van der Waals surface area (Å²) in [4.78, 5) is 21.1. The smallest absolute Gasteiger partial charge is 0.294 e. The summed E-state index contributed by atoms with van der Waals surface area (Å²) in [6.07, 6.45) is 0. The number of halogens is 1. The van der Waals surface area contributed by atoms with Crippen LogP contribution in [0.25, 0.3) is 0 Å². The van der Waals surface area contributed by atoms with Crippen molar-refractivity contribution >= 4 is 21.8 Å². The van der Waals surface area contributed by atoms with Gasteiger partial charge in [0.1, 0.15) is 5.75 Å². The number of aromatic hydroxyl groups is 1. The van der Waals surface area contributed by atoms with E-state index in [1.54, 1.807) is 12.1 Å². The lowest BCUT2D eigenvalue weighted by molar-refractivity contribution is -0.118. The van der Waals surface area contributed by atoms with E-state index in [0.717, 1.165) is 0 Å². The number of hydrogen-bond acceptors (Lipinski definition) is 3. The standard InChI is InChI=1S/C9H8BrNO3/c10-5-8(9(13)11-14)6-1-3-7(12)4-2-6/h1-4,8,12H,5H2. The summed E-state index contributed by atoms with van der Waals surface area (Å²) >= 11 is 3.13. The molecule has 0 spiro atoms. The fourth-order valence-electron chi connectivity index (χ4n) is 1.07. The van der Waals surface area contributed by atoms with Gasteiger partial charge in [0.25, 0.3) is 5.91 Å². The SMILES string of the molecule is O=NC(=O)C(CBr)c1ccc(O)cc1. The molecule has 1 N–H and O–H groups in total. The number of nitrogens with zero attached hydrogens (tertiary/aromatic N) is 1. The minimum Gasteiger partial charge on any atom is -0.508 e. The summed E-state index contributed by atoms with van der Waals surface area (Å²) in [6.45, 7) is 0. The van der Waals surface area contributed by atoms with Crippen molar-refractivity contribution < 1.29 is 9.90 Å². The Kier molecular flexibility index (Phi) is 3.76. The highest BCUT2D eigenvalue weighted by atomic mass is 79.9. The van der Waals surface area contributed by atoms with Crippen LogP contribution in [0.1, 0.15) is 11.5 Å². The number of carbonyl (C=O) groups is 1. The zero-order chi connectivity index (χ0) is 10.6. The van der Waals surface area contributed by atoms with Crippen LogP contribution in [-0.2, 0) is 4.79 Å². The number of benzene rings is 1. The van der Waals surface area contributed by atoms with Gasteiger partial charge in [0.15, 0.2) is 0 Å². The molecule has 74 valence electrons. The largest absolute Gasteiger partial charge is 0.508 e. The molecule has 0 aliphatic rings. The molecule has 0 fully saturated rings. The molecule has 1 rings (SSSR count). The van der Waals surface area contributed by atoms with Gasteiger partial charge in [-0.15, -0.1) is 4.91 Å². The van der Waals surface area contributed by atoms with Crippen LogP contribution < -0.4 is 0 Å². The predicted octanol–water partition coefficient (Wildman–Crippen LogP) is 2.16. The molecule has 0 aromatic heterocycles. The number of nitroso groups, excluding NO2 is 1. The van der Waals surface area contributed by atoms with E-state index >= 15 is 0 Å². The molecule has 0 saturated heterocycles. The third kappa shape index (κ3) is 2.38. The maximum Gasteiger partial charge on any atom is 0.294 e. The van der Waals surface area contributed by atoms with Gasteiger partial charge in [0.05, 0.1) is 5.92 Å². The molecule has 1 aromatic carbocycles. The van der Waals surface area contributed by atoms with Crippen LogP contribution in [0.5, 0.6) is 5.75 Å². The zero-order valence-corrected chi connectivity index (χ0v) is 8.77. The number of phenolic OH excluding ortho intramolecular Hbond substituents is 1. The van der Waals surface area contributed by atoms with Crippen molar-refractivity contribution in [1.82, 2.24) is 0 Å². The van der Waals surface area contributed by atoms with E-state index in [1.807, 2.05) is 0 Å². The van der Waals surface area contributed by atoms with E-state index in [0.29, 0.717) is 10.9 Å². The van der Waals surface area contributed by atoms with Gasteiger partial charge in [0.2, 0.25) is 0 Å². The summed E-state index contributed by atoms with van der Waals surface area (Å²) in [5.74, 6) is -1.17. The fourth-order valence-corrected chi connectivity index (χ4v) is 1.72. The summed E-state index contributed by atoms with van der Waals surface area (Å²) in [5, 5.41) is 11.7. The normalized spacial score (nSPS) is 12.1. The molecule has 1 unspecified atom stereocenters. The average molecular weight is 258 g/mol. The van der Waals surface area contributed by atoms with Crippen LogP contribution in [0, 0.1) is 4.91 Å². The van der Waals surface area contributed by atoms with Crippen LogP contribution in [0.2, 0.25) is 0 Å². The molecule has 1 atom stereocenters. The minimum absolute atomic E-state index is 0.119. The van der Waals surface area contributed by atoms with Gasteiger partial charge in [-0.2, -0.15) is 0 Å².